The Morgan fingerprint density at radius 2 is 1.67 bits per heavy atom. The Hall–Kier alpha value is -4.40. The molecule has 3 aromatic rings. The lowest BCUT2D eigenvalue weighted by Gasteiger charge is -2.13. The monoisotopic (exact) mass is 449 g/mol. The molecule has 2 aromatic carbocycles. The Morgan fingerprint density at radius 1 is 0.939 bits per heavy atom. The van der Waals surface area contributed by atoms with Crippen molar-refractivity contribution in [3.8, 4) is 23.0 Å². The Balaban J connectivity index is 1.69. The van der Waals surface area contributed by atoms with E-state index in [0.29, 0.717) is 34.1 Å². The fourth-order valence-electron chi connectivity index (χ4n) is 2.86. The highest BCUT2D eigenvalue weighted by Crippen LogP contribution is 2.38. The maximum atomic E-state index is 12.7. The summed E-state index contributed by atoms with van der Waals surface area (Å²) in [4.78, 5) is 28.9. The van der Waals surface area contributed by atoms with Crippen LogP contribution in [0.25, 0.3) is 0 Å². The smallest absolute Gasteiger partial charge is 0.343 e. The summed E-state index contributed by atoms with van der Waals surface area (Å²) in [5, 5.41) is 3.94. The van der Waals surface area contributed by atoms with Crippen molar-refractivity contribution in [2.24, 2.45) is 5.10 Å². The number of rotatable bonds is 8. The molecular formula is C24H23N3O6. The lowest BCUT2D eigenvalue weighted by Crippen LogP contribution is -2.17. The highest BCUT2D eigenvalue weighted by Gasteiger charge is 2.18. The van der Waals surface area contributed by atoms with Crippen molar-refractivity contribution >= 4 is 18.1 Å². The van der Waals surface area contributed by atoms with Gasteiger partial charge in [0, 0.05) is 11.9 Å². The number of pyridine rings is 1. The van der Waals surface area contributed by atoms with Gasteiger partial charge in [0.05, 0.1) is 38.7 Å². The number of methoxy groups -OCH3 is 3. The third-order valence-corrected chi connectivity index (χ3v) is 4.52. The van der Waals surface area contributed by atoms with E-state index in [4.69, 9.17) is 18.9 Å². The molecule has 0 saturated carbocycles. The summed E-state index contributed by atoms with van der Waals surface area (Å²) >= 11 is 0. The number of aromatic nitrogens is 1. The van der Waals surface area contributed by atoms with E-state index in [-0.39, 0.29) is 11.5 Å². The largest absolute Gasteiger partial charge is 0.493 e. The molecule has 1 amide bonds. The molecule has 0 atom stereocenters. The van der Waals surface area contributed by atoms with Gasteiger partial charge < -0.3 is 18.9 Å². The summed E-state index contributed by atoms with van der Waals surface area (Å²) in [5.74, 6) is 0.352. The maximum Gasteiger partial charge on any atom is 0.343 e. The number of hydrogen-bond donors (Lipinski definition) is 1. The lowest BCUT2D eigenvalue weighted by atomic mass is 10.1. The summed E-state index contributed by atoms with van der Waals surface area (Å²) in [7, 11) is 4.40. The van der Waals surface area contributed by atoms with Crippen LogP contribution in [0.3, 0.4) is 0 Å². The van der Waals surface area contributed by atoms with Gasteiger partial charge in [0.2, 0.25) is 5.75 Å². The molecule has 0 aliphatic rings. The molecule has 0 fully saturated rings. The summed E-state index contributed by atoms with van der Waals surface area (Å²) in [6.45, 7) is 1.83. The molecule has 0 saturated heterocycles. The molecule has 33 heavy (non-hydrogen) atoms. The standard InChI is InChI=1S/C24H23N3O6/c1-15-8-9-17(14-25-15)23(28)27-26-13-16-6-5-7-19(10-16)33-24(29)18-11-20(30-2)22(32-4)21(12-18)31-3/h5-14H,1-4H3,(H,27,28)/b26-13-. The van der Waals surface area contributed by atoms with E-state index in [1.54, 1.807) is 36.4 Å². The first-order valence-electron chi connectivity index (χ1n) is 9.83. The zero-order valence-corrected chi connectivity index (χ0v) is 18.6. The number of ether oxygens (including phenoxy) is 4. The normalized spacial score (nSPS) is 10.5. The summed E-state index contributed by atoms with van der Waals surface area (Å²) in [6, 6.07) is 13.1. The lowest BCUT2D eigenvalue weighted by molar-refractivity contribution is 0.0733. The second-order valence-corrected chi connectivity index (χ2v) is 6.76. The van der Waals surface area contributed by atoms with Gasteiger partial charge >= 0.3 is 5.97 Å². The van der Waals surface area contributed by atoms with Gasteiger partial charge in [-0.15, -0.1) is 0 Å². The van der Waals surface area contributed by atoms with Gasteiger partial charge in [-0.3, -0.25) is 9.78 Å². The van der Waals surface area contributed by atoms with E-state index in [1.165, 1.54) is 45.9 Å². The average molecular weight is 449 g/mol. The van der Waals surface area contributed by atoms with E-state index in [2.05, 4.69) is 15.5 Å². The highest BCUT2D eigenvalue weighted by molar-refractivity contribution is 5.95. The molecule has 1 heterocycles. The Labute approximate surface area is 191 Å². The molecule has 0 aliphatic carbocycles. The van der Waals surface area contributed by atoms with Gasteiger partial charge in [-0.1, -0.05) is 12.1 Å². The number of esters is 1. The van der Waals surface area contributed by atoms with Crippen molar-refractivity contribution in [3.05, 3.63) is 77.1 Å². The molecule has 0 spiro atoms. The van der Waals surface area contributed by atoms with Gasteiger partial charge in [-0.05, 0) is 48.9 Å². The molecule has 3 rings (SSSR count). The predicted molar refractivity (Wildman–Crippen MR) is 122 cm³/mol. The molecule has 0 radical (unpaired) electrons. The highest BCUT2D eigenvalue weighted by atomic mass is 16.5. The van der Waals surface area contributed by atoms with Gasteiger partial charge in [0.15, 0.2) is 11.5 Å². The van der Waals surface area contributed by atoms with E-state index < -0.39 is 5.97 Å². The molecule has 170 valence electrons. The number of hydrogen-bond acceptors (Lipinski definition) is 8. The van der Waals surface area contributed by atoms with Crippen LogP contribution in [0, 0.1) is 6.92 Å². The minimum absolute atomic E-state index is 0.225. The third kappa shape index (κ3) is 5.85. The third-order valence-electron chi connectivity index (χ3n) is 4.52. The van der Waals surface area contributed by atoms with Crippen molar-refractivity contribution in [3.63, 3.8) is 0 Å². The van der Waals surface area contributed by atoms with E-state index >= 15 is 0 Å². The number of amides is 1. The van der Waals surface area contributed by atoms with Gasteiger partial charge in [-0.2, -0.15) is 5.10 Å². The number of benzene rings is 2. The molecule has 0 unspecified atom stereocenters. The number of aryl methyl sites for hydroxylation is 1. The van der Waals surface area contributed by atoms with E-state index in [9.17, 15) is 9.59 Å². The quantitative estimate of drug-likeness (QED) is 0.243. The number of nitrogens with one attached hydrogen (secondary N) is 1. The van der Waals surface area contributed by atoms with Gasteiger partial charge in [0.25, 0.3) is 5.91 Å². The first kappa shape index (κ1) is 23.3. The summed E-state index contributed by atoms with van der Waals surface area (Å²) in [6.07, 6.45) is 2.92. The fraction of sp³-hybridized carbons (Fsp3) is 0.167. The Kier molecular flexibility index (Phi) is 7.59. The number of carbonyl (C=O) groups is 2. The van der Waals surface area contributed by atoms with Crippen molar-refractivity contribution in [1.29, 1.82) is 0 Å². The Bertz CT molecular complexity index is 1150. The molecular weight excluding hydrogens is 426 g/mol. The van der Waals surface area contributed by atoms with Crippen LogP contribution in [0.4, 0.5) is 0 Å². The zero-order valence-electron chi connectivity index (χ0n) is 18.6. The molecule has 9 nitrogen and oxygen atoms in total. The SMILES string of the molecule is COc1cc(C(=O)Oc2cccc(/C=N\NC(=O)c3ccc(C)nc3)c2)cc(OC)c1OC. The van der Waals surface area contributed by atoms with Crippen molar-refractivity contribution in [2.45, 2.75) is 6.92 Å². The fourth-order valence-corrected chi connectivity index (χ4v) is 2.86. The molecule has 1 aromatic heterocycles. The second-order valence-electron chi connectivity index (χ2n) is 6.76. The molecule has 9 heteroatoms. The van der Waals surface area contributed by atoms with Crippen LogP contribution in [-0.4, -0.2) is 44.4 Å². The topological polar surface area (TPSA) is 108 Å². The van der Waals surface area contributed by atoms with Crippen molar-refractivity contribution < 1.29 is 28.5 Å². The van der Waals surface area contributed by atoms with Crippen molar-refractivity contribution in [2.75, 3.05) is 21.3 Å². The number of hydrazone groups is 1. The van der Waals surface area contributed by atoms with Crippen LogP contribution in [0.15, 0.2) is 59.8 Å². The zero-order chi connectivity index (χ0) is 23.8. The molecule has 0 bridgehead atoms. The minimum atomic E-state index is -0.608. The first-order chi connectivity index (χ1) is 15.9. The maximum absolute atomic E-state index is 12.7. The van der Waals surface area contributed by atoms with Crippen LogP contribution < -0.4 is 24.4 Å². The molecule has 0 aliphatic heterocycles. The van der Waals surface area contributed by atoms with Crippen LogP contribution in [-0.2, 0) is 0 Å². The van der Waals surface area contributed by atoms with Gasteiger partial charge in [-0.25, -0.2) is 10.2 Å². The van der Waals surface area contributed by atoms with Gasteiger partial charge in [0.1, 0.15) is 5.75 Å². The number of carbonyl (C=O) groups excluding carboxylic acids is 2. The van der Waals surface area contributed by atoms with Crippen LogP contribution in [0.5, 0.6) is 23.0 Å². The predicted octanol–water partition coefficient (Wildman–Crippen LogP) is 3.40. The van der Waals surface area contributed by atoms with E-state index in [0.717, 1.165) is 5.69 Å². The molecule has 1 N–H and O–H groups in total. The average Bonchev–Trinajstić information content (AvgIpc) is 2.83. The summed E-state index contributed by atoms with van der Waals surface area (Å²) in [5.41, 5.74) is 4.48. The van der Waals surface area contributed by atoms with E-state index in [1.807, 2.05) is 6.92 Å². The summed E-state index contributed by atoms with van der Waals surface area (Å²) < 4.78 is 21.3. The van der Waals surface area contributed by atoms with Crippen molar-refractivity contribution in [1.82, 2.24) is 10.4 Å². The number of nitrogens with zero attached hydrogens (tertiary/aromatic N) is 2. The Morgan fingerprint density at radius 3 is 2.27 bits per heavy atom. The van der Waals surface area contributed by atoms with Crippen LogP contribution >= 0.6 is 0 Å². The van der Waals surface area contributed by atoms with Crippen LogP contribution in [0.1, 0.15) is 32.0 Å². The first-order valence-corrected chi connectivity index (χ1v) is 9.83. The minimum Gasteiger partial charge on any atom is -0.493 e. The second kappa shape index (κ2) is 10.8. The van der Waals surface area contributed by atoms with Crippen LogP contribution in [0.2, 0.25) is 0 Å².